The molecular formula is C16H17N5. The highest BCUT2D eigenvalue weighted by Gasteiger charge is 2.26. The van der Waals surface area contributed by atoms with Crippen LogP contribution in [0.2, 0.25) is 0 Å². The highest BCUT2D eigenvalue weighted by Crippen LogP contribution is 2.35. The molecule has 0 bridgehead atoms. The average molecular weight is 279 g/mol. The van der Waals surface area contributed by atoms with E-state index in [4.69, 9.17) is 0 Å². The number of anilines is 1. The van der Waals surface area contributed by atoms with E-state index >= 15 is 0 Å². The van der Waals surface area contributed by atoms with Crippen molar-refractivity contribution < 1.29 is 0 Å². The Morgan fingerprint density at radius 2 is 2.05 bits per heavy atom. The molecule has 21 heavy (non-hydrogen) atoms. The van der Waals surface area contributed by atoms with Crippen molar-refractivity contribution in [2.24, 2.45) is 0 Å². The molecule has 1 unspecified atom stereocenters. The summed E-state index contributed by atoms with van der Waals surface area (Å²) in [6, 6.07) is 10.4. The molecule has 4 rings (SSSR count). The number of hydrogen-bond acceptors (Lipinski definition) is 4. The van der Waals surface area contributed by atoms with Crippen molar-refractivity contribution in [1.29, 1.82) is 0 Å². The molecule has 1 aliphatic rings. The second-order valence-electron chi connectivity index (χ2n) is 5.55. The van der Waals surface area contributed by atoms with E-state index in [0.29, 0.717) is 0 Å². The van der Waals surface area contributed by atoms with Gasteiger partial charge >= 0.3 is 0 Å². The zero-order valence-electron chi connectivity index (χ0n) is 12.2. The molecule has 1 N–H and O–H groups in total. The summed E-state index contributed by atoms with van der Waals surface area (Å²) in [4.78, 5) is 4.55. The Bertz CT molecular complexity index is 821. The predicted octanol–water partition coefficient (Wildman–Crippen LogP) is 2.69. The predicted molar refractivity (Wildman–Crippen MR) is 81.6 cm³/mol. The van der Waals surface area contributed by atoms with E-state index in [2.05, 4.69) is 49.2 Å². The first-order valence-electron chi connectivity index (χ1n) is 7.26. The summed E-state index contributed by atoms with van der Waals surface area (Å²) in [6.07, 6.45) is 1.02. The van der Waals surface area contributed by atoms with Crippen LogP contribution in [-0.2, 0) is 0 Å². The van der Waals surface area contributed by atoms with Crippen LogP contribution in [0, 0.1) is 13.8 Å². The van der Waals surface area contributed by atoms with Gasteiger partial charge in [-0.1, -0.05) is 18.2 Å². The molecule has 0 aliphatic carbocycles. The molecule has 1 aromatic carbocycles. The zero-order chi connectivity index (χ0) is 14.4. The molecule has 1 aliphatic heterocycles. The van der Waals surface area contributed by atoms with Crippen LogP contribution in [0.1, 0.15) is 35.2 Å². The first-order chi connectivity index (χ1) is 10.2. The van der Waals surface area contributed by atoms with Gasteiger partial charge in [0.05, 0.1) is 0 Å². The summed E-state index contributed by atoms with van der Waals surface area (Å²) in [5, 5.41) is 12.3. The van der Waals surface area contributed by atoms with Gasteiger partial charge in [0, 0.05) is 29.9 Å². The minimum Gasteiger partial charge on any atom is -0.385 e. The van der Waals surface area contributed by atoms with Gasteiger partial charge in [0.1, 0.15) is 11.6 Å². The molecular weight excluding hydrogens is 262 g/mol. The summed E-state index contributed by atoms with van der Waals surface area (Å²) in [6.45, 7) is 4.95. The van der Waals surface area contributed by atoms with Gasteiger partial charge in [-0.3, -0.25) is 4.40 Å². The third kappa shape index (κ3) is 1.88. The second-order valence-corrected chi connectivity index (χ2v) is 5.55. The smallest absolute Gasteiger partial charge is 0.164 e. The number of rotatable bonds is 1. The number of fused-ring (bicyclic) bond motifs is 2. The number of benzene rings is 1. The van der Waals surface area contributed by atoms with Gasteiger partial charge in [-0.2, -0.15) is 0 Å². The molecule has 0 saturated carbocycles. The number of para-hydroxylation sites is 1. The fourth-order valence-electron chi connectivity index (χ4n) is 3.22. The molecule has 0 radical (unpaired) electrons. The van der Waals surface area contributed by atoms with Crippen molar-refractivity contribution in [2.45, 2.75) is 26.2 Å². The Kier molecular flexibility index (Phi) is 2.67. The van der Waals surface area contributed by atoms with Crippen LogP contribution in [0.3, 0.4) is 0 Å². The summed E-state index contributed by atoms with van der Waals surface area (Å²) in [7, 11) is 0. The van der Waals surface area contributed by atoms with Gasteiger partial charge < -0.3 is 5.32 Å². The zero-order valence-corrected chi connectivity index (χ0v) is 12.2. The van der Waals surface area contributed by atoms with Crippen LogP contribution < -0.4 is 5.32 Å². The molecule has 2 aromatic heterocycles. The molecule has 5 heteroatoms. The van der Waals surface area contributed by atoms with Gasteiger partial charge in [-0.05, 0) is 31.9 Å². The summed E-state index contributed by atoms with van der Waals surface area (Å²) < 4.78 is 2.08. The van der Waals surface area contributed by atoms with E-state index in [1.165, 1.54) is 11.3 Å². The quantitative estimate of drug-likeness (QED) is 0.744. The number of nitrogens with zero attached hydrogens (tertiary/aromatic N) is 4. The van der Waals surface area contributed by atoms with Crippen molar-refractivity contribution in [3.63, 3.8) is 0 Å². The molecule has 1 atom stereocenters. The fourth-order valence-corrected chi connectivity index (χ4v) is 3.22. The first kappa shape index (κ1) is 12.3. The number of hydrogen-bond donors (Lipinski definition) is 1. The monoisotopic (exact) mass is 279 g/mol. The third-order valence-electron chi connectivity index (χ3n) is 4.11. The molecule has 0 amide bonds. The largest absolute Gasteiger partial charge is 0.385 e. The topological polar surface area (TPSA) is 55.1 Å². The van der Waals surface area contributed by atoms with E-state index in [1.54, 1.807) is 0 Å². The van der Waals surface area contributed by atoms with Crippen molar-refractivity contribution in [3.8, 4) is 0 Å². The van der Waals surface area contributed by atoms with E-state index in [-0.39, 0.29) is 5.92 Å². The highest BCUT2D eigenvalue weighted by molar-refractivity contribution is 5.57. The third-order valence-corrected chi connectivity index (χ3v) is 4.11. The molecule has 5 nitrogen and oxygen atoms in total. The molecule has 0 fully saturated rings. The average Bonchev–Trinajstić information content (AvgIpc) is 2.90. The number of aromatic nitrogens is 4. The van der Waals surface area contributed by atoms with Gasteiger partial charge in [0.25, 0.3) is 0 Å². The van der Waals surface area contributed by atoms with Crippen LogP contribution in [-0.4, -0.2) is 26.1 Å². The van der Waals surface area contributed by atoms with E-state index in [1.807, 2.05) is 19.9 Å². The van der Waals surface area contributed by atoms with Gasteiger partial charge in [0.2, 0.25) is 0 Å². The number of aryl methyl sites for hydroxylation is 2. The molecule has 3 heterocycles. The summed E-state index contributed by atoms with van der Waals surface area (Å²) >= 11 is 0. The highest BCUT2D eigenvalue weighted by atomic mass is 15.3. The lowest BCUT2D eigenvalue weighted by Crippen LogP contribution is -2.19. The Balaban J connectivity index is 1.92. The lowest BCUT2D eigenvalue weighted by molar-refractivity contribution is 0.660. The number of nitrogens with one attached hydrogen (secondary N) is 1. The van der Waals surface area contributed by atoms with Crippen LogP contribution in [0.15, 0.2) is 30.3 Å². The first-order valence-corrected chi connectivity index (χ1v) is 7.26. The van der Waals surface area contributed by atoms with Crippen LogP contribution >= 0.6 is 0 Å². The maximum absolute atomic E-state index is 4.55. The van der Waals surface area contributed by atoms with E-state index in [0.717, 1.165) is 36.0 Å². The van der Waals surface area contributed by atoms with Crippen LogP contribution in [0.5, 0.6) is 0 Å². The minimum atomic E-state index is 0.264. The Morgan fingerprint density at radius 3 is 2.95 bits per heavy atom. The van der Waals surface area contributed by atoms with Gasteiger partial charge in [-0.25, -0.2) is 4.98 Å². The molecule has 0 saturated heterocycles. The van der Waals surface area contributed by atoms with Crippen LogP contribution in [0.4, 0.5) is 5.69 Å². The normalized spacial score (nSPS) is 17.5. The van der Waals surface area contributed by atoms with Gasteiger partial charge in [-0.15, -0.1) is 10.2 Å². The molecule has 0 spiro atoms. The lowest BCUT2D eigenvalue weighted by Gasteiger charge is -2.25. The van der Waals surface area contributed by atoms with Crippen molar-refractivity contribution in [3.05, 3.63) is 53.2 Å². The van der Waals surface area contributed by atoms with Crippen molar-refractivity contribution in [2.75, 3.05) is 11.9 Å². The minimum absolute atomic E-state index is 0.264. The summed E-state index contributed by atoms with van der Waals surface area (Å²) in [5.41, 5.74) is 4.34. The van der Waals surface area contributed by atoms with Crippen molar-refractivity contribution in [1.82, 2.24) is 19.6 Å². The van der Waals surface area contributed by atoms with Crippen LogP contribution in [0.25, 0.3) is 5.65 Å². The maximum Gasteiger partial charge on any atom is 0.164 e. The lowest BCUT2D eigenvalue weighted by atomic mass is 9.90. The molecule has 3 aromatic rings. The van der Waals surface area contributed by atoms with E-state index < -0.39 is 0 Å². The standard InChI is InChI=1S/C16H17N5/c1-10-9-15-19-20-16(21(15)11(2)18-10)13-7-8-17-14-6-4-3-5-12(13)14/h3-6,9,13,17H,7-8H2,1-2H3. The Morgan fingerprint density at radius 1 is 1.19 bits per heavy atom. The van der Waals surface area contributed by atoms with Gasteiger partial charge in [0.15, 0.2) is 5.65 Å². The SMILES string of the molecule is Cc1cc2nnc(C3CCNc4ccccc43)n2c(C)n1. The van der Waals surface area contributed by atoms with E-state index in [9.17, 15) is 0 Å². The Labute approximate surface area is 123 Å². The fraction of sp³-hybridized carbons (Fsp3) is 0.312. The second kappa shape index (κ2) is 4.55. The van der Waals surface area contributed by atoms with Crippen molar-refractivity contribution >= 4 is 11.3 Å². The maximum atomic E-state index is 4.55. The summed E-state index contributed by atoms with van der Waals surface area (Å²) in [5.74, 6) is 2.20. The molecule has 106 valence electrons. The Hall–Kier alpha value is -2.43.